The maximum Gasteiger partial charge on any atom is 0.0977 e. The predicted molar refractivity (Wildman–Crippen MR) is 68.9 cm³/mol. The van der Waals surface area contributed by atoms with E-state index in [1.54, 1.807) is 12.4 Å². The van der Waals surface area contributed by atoms with E-state index >= 15 is 0 Å². The highest BCUT2D eigenvalue weighted by molar-refractivity contribution is 5.50. The molecular formula is C14H16N2O. The molecule has 1 unspecified atom stereocenters. The van der Waals surface area contributed by atoms with Gasteiger partial charge in [0.2, 0.25) is 0 Å². The highest BCUT2D eigenvalue weighted by Crippen LogP contribution is 2.16. The molecule has 3 heteroatoms. The Morgan fingerprint density at radius 1 is 1.24 bits per heavy atom. The van der Waals surface area contributed by atoms with Crippen molar-refractivity contribution in [3.05, 3.63) is 59.9 Å². The van der Waals surface area contributed by atoms with Gasteiger partial charge in [0.1, 0.15) is 0 Å². The van der Waals surface area contributed by atoms with Crippen LogP contribution in [0.1, 0.15) is 17.2 Å². The average Bonchev–Trinajstić information content (AvgIpc) is 2.38. The second kappa shape index (κ2) is 5.46. The van der Waals surface area contributed by atoms with Crippen LogP contribution in [0.4, 0.5) is 5.69 Å². The van der Waals surface area contributed by atoms with Crippen LogP contribution in [0.2, 0.25) is 0 Å². The van der Waals surface area contributed by atoms with Gasteiger partial charge in [0.15, 0.2) is 0 Å². The Balaban J connectivity index is 1.97. The summed E-state index contributed by atoms with van der Waals surface area (Å²) in [4.78, 5) is 3.99. The molecule has 0 saturated carbocycles. The van der Waals surface area contributed by atoms with Crippen molar-refractivity contribution in [2.24, 2.45) is 0 Å². The Hall–Kier alpha value is -1.87. The van der Waals surface area contributed by atoms with Gasteiger partial charge in [-0.3, -0.25) is 4.98 Å². The standard InChI is InChI=1S/C14H16N2O/c1-11-5-2-3-7-13(11)16-10-14(17)12-6-4-8-15-9-12/h2-9,14,16-17H,10H2,1H3. The van der Waals surface area contributed by atoms with Crippen LogP contribution in [0.15, 0.2) is 48.8 Å². The van der Waals surface area contributed by atoms with Crippen molar-refractivity contribution in [1.82, 2.24) is 4.98 Å². The number of rotatable bonds is 4. The van der Waals surface area contributed by atoms with Gasteiger partial charge in [-0.25, -0.2) is 0 Å². The fourth-order valence-corrected chi connectivity index (χ4v) is 1.67. The third-order valence-corrected chi connectivity index (χ3v) is 2.70. The summed E-state index contributed by atoms with van der Waals surface area (Å²) in [6, 6.07) is 11.7. The lowest BCUT2D eigenvalue weighted by Gasteiger charge is -2.14. The summed E-state index contributed by atoms with van der Waals surface area (Å²) < 4.78 is 0. The number of aliphatic hydroxyl groups excluding tert-OH is 1. The van der Waals surface area contributed by atoms with Gasteiger partial charge in [-0.2, -0.15) is 0 Å². The molecule has 0 aliphatic rings. The van der Waals surface area contributed by atoms with Gasteiger partial charge in [0, 0.05) is 30.2 Å². The van der Waals surface area contributed by atoms with E-state index in [2.05, 4.69) is 10.3 Å². The molecule has 1 atom stereocenters. The number of hydrogen-bond acceptors (Lipinski definition) is 3. The quantitative estimate of drug-likeness (QED) is 0.845. The predicted octanol–water partition coefficient (Wildman–Crippen LogP) is 2.54. The number of benzene rings is 1. The highest BCUT2D eigenvalue weighted by Gasteiger charge is 2.07. The number of anilines is 1. The summed E-state index contributed by atoms with van der Waals surface area (Å²) in [6.45, 7) is 2.52. The zero-order chi connectivity index (χ0) is 12.1. The van der Waals surface area contributed by atoms with Crippen molar-refractivity contribution >= 4 is 5.69 Å². The number of hydrogen-bond donors (Lipinski definition) is 2. The number of aromatic nitrogens is 1. The monoisotopic (exact) mass is 228 g/mol. The molecule has 3 nitrogen and oxygen atoms in total. The van der Waals surface area contributed by atoms with Gasteiger partial charge in [0.05, 0.1) is 6.10 Å². The SMILES string of the molecule is Cc1ccccc1NCC(O)c1cccnc1. The maximum absolute atomic E-state index is 9.97. The van der Waals surface area contributed by atoms with Crippen LogP contribution >= 0.6 is 0 Å². The van der Waals surface area contributed by atoms with Crippen molar-refractivity contribution in [3.8, 4) is 0 Å². The Labute approximate surface area is 101 Å². The van der Waals surface area contributed by atoms with E-state index in [1.807, 2.05) is 43.3 Å². The Morgan fingerprint density at radius 3 is 2.76 bits per heavy atom. The molecule has 0 fully saturated rings. The first kappa shape index (κ1) is 11.6. The number of nitrogens with one attached hydrogen (secondary N) is 1. The zero-order valence-electron chi connectivity index (χ0n) is 9.80. The van der Waals surface area contributed by atoms with Crippen LogP contribution in [0, 0.1) is 6.92 Å². The van der Waals surface area contributed by atoms with Crippen LogP contribution in [0.5, 0.6) is 0 Å². The second-order valence-electron chi connectivity index (χ2n) is 4.00. The van der Waals surface area contributed by atoms with Crippen LogP contribution in [0.3, 0.4) is 0 Å². The van der Waals surface area contributed by atoms with E-state index in [0.29, 0.717) is 6.54 Å². The van der Waals surface area contributed by atoms with Crippen molar-refractivity contribution < 1.29 is 5.11 Å². The normalized spacial score (nSPS) is 12.1. The maximum atomic E-state index is 9.97. The first-order valence-electron chi connectivity index (χ1n) is 5.65. The number of pyridine rings is 1. The van der Waals surface area contributed by atoms with Crippen molar-refractivity contribution in [3.63, 3.8) is 0 Å². The van der Waals surface area contributed by atoms with Gasteiger partial charge in [0.25, 0.3) is 0 Å². The lowest BCUT2D eigenvalue weighted by atomic mass is 10.1. The first-order chi connectivity index (χ1) is 8.27. The van der Waals surface area contributed by atoms with Gasteiger partial charge in [-0.1, -0.05) is 24.3 Å². The summed E-state index contributed by atoms with van der Waals surface area (Å²) in [5.74, 6) is 0. The number of aryl methyl sites for hydroxylation is 1. The minimum atomic E-state index is -0.539. The van der Waals surface area contributed by atoms with E-state index in [0.717, 1.165) is 11.3 Å². The summed E-state index contributed by atoms with van der Waals surface area (Å²) in [5.41, 5.74) is 3.05. The molecule has 2 aromatic rings. The van der Waals surface area contributed by atoms with Crippen LogP contribution in [0.25, 0.3) is 0 Å². The summed E-state index contributed by atoms with van der Waals surface area (Å²) >= 11 is 0. The molecule has 2 rings (SSSR count). The third-order valence-electron chi connectivity index (χ3n) is 2.70. The molecule has 2 N–H and O–H groups in total. The molecule has 0 spiro atoms. The smallest absolute Gasteiger partial charge is 0.0977 e. The van der Waals surface area contributed by atoms with Gasteiger partial charge >= 0.3 is 0 Å². The largest absolute Gasteiger partial charge is 0.387 e. The first-order valence-corrected chi connectivity index (χ1v) is 5.65. The molecule has 1 aromatic heterocycles. The van der Waals surface area contributed by atoms with Crippen LogP contribution < -0.4 is 5.32 Å². The molecule has 88 valence electrons. The Morgan fingerprint density at radius 2 is 2.06 bits per heavy atom. The molecule has 0 radical (unpaired) electrons. The molecule has 17 heavy (non-hydrogen) atoms. The Bertz CT molecular complexity index is 471. The van der Waals surface area contributed by atoms with Gasteiger partial charge in [-0.15, -0.1) is 0 Å². The van der Waals surface area contributed by atoms with Crippen molar-refractivity contribution in [2.75, 3.05) is 11.9 Å². The van der Waals surface area contributed by atoms with Crippen molar-refractivity contribution in [2.45, 2.75) is 13.0 Å². The third kappa shape index (κ3) is 3.04. The lowest BCUT2D eigenvalue weighted by molar-refractivity contribution is 0.191. The van der Waals surface area contributed by atoms with Gasteiger partial charge in [-0.05, 0) is 24.6 Å². The van der Waals surface area contributed by atoms with Crippen molar-refractivity contribution in [1.29, 1.82) is 0 Å². The molecule has 1 heterocycles. The second-order valence-corrected chi connectivity index (χ2v) is 4.00. The summed E-state index contributed by atoms with van der Waals surface area (Å²) in [6.07, 6.45) is 2.85. The van der Waals surface area contributed by atoms with E-state index in [-0.39, 0.29) is 0 Å². The fourth-order valence-electron chi connectivity index (χ4n) is 1.67. The van der Waals surface area contributed by atoms with E-state index in [1.165, 1.54) is 5.56 Å². The van der Waals surface area contributed by atoms with E-state index < -0.39 is 6.10 Å². The topological polar surface area (TPSA) is 45.1 Å². The van der Waals surface area contributed by atoms with Crippen LogP contribution in [-0.4, -0.2) is 16.6 Å². The molecule has 0 saturated heterocycles. The number of nitrogens with zero attached hydrogens (tertiary/aromatic N) is 1. The number of para-hydroxylation sites is 1. The minimum absolute atomic E-state index is 0.483. The lowest BCUT2D eigenvalue weighted by Crippen LogP contribution is -2.12. The molecule has 0 amide bonds. The fraction of sp³-hybridized carbons (Fsp3) is 0.214. The summed E-state index contributed by atoms with van der Waals surface area (Å²) in [7, 11) is 0. The van der Waals surface area contributed by atoms with E-state index in [9.17, 15) is 5.11 Å². The molecule has 0 aliphatic carbocycles. The minimum Gasteiger partial charge on any atom is -0.387 e. The zero-order valence-corrected chi connectivity index (χ0v) is 9.80. The van der Waals surface area contributed by atoms with Gasteiger partial charge < -0.3 is 10.4 Å². The van der Waals surface area contributed by atoms with E-state index in [4.69, 9.17) is 0 Å². The number of aliphatic hydroxyl groups is 1. The summed E-state index contributed by atoms with van der Waals surface area (Å²) in [5, 5.41) is 13.2. The highest BCUT2D eigenvalue weighted by atomic mass is 16.3. The molecule has 0 aliphatic heterocycles. The molecular weight excluding hydrogens is 212 g/mol. The molecule has 0 bridgehead atoms. The Kier molecular flexibility index (Phi) is 3.73. The average molecular weight is 228 g/mol. The molecule has 1 aromatic carbocycles. The van der Waals surface area contributed by atoms with Crippen LogP contribution in [-0.2, 0) is 0 Å².